The maximum atomic E-state index is 13.0. The summed E-state index contributed by atoms with van der Waals surface area (Å²) in [5.74, 6) is -0.620. The van der Waals surface area contributed by atoms with Crippen molar-refractivity contribution in [3.63, 3.8) is 0 Å². The fraction of sp³-hybridized carbons (Fsp3) is 0.429. The lowest BCUT2D eigenvalue weighted by atomic mass is 9.89. The Morgan fingerprint density at radius 2 is 1.95 bits per heavy atom. The second kappa shape index (κ2) is 5.70. The number of carbonyl (C=O) groups is 2. The van der Waals surface area contributed by atoms with Crippen molar-refractivity contribution in [2.75, 3.05) is 13.1 Å². The Morgan fingerprint density at radius 1 is 1.32 bits per heavy atom. The van der Waals surface area contributed by atoms with Gasteiger partial charge in [-0.2, -0.15) is 0 Å². The van der Waals surface area contributed by atoms with Gasteiger partial charge in [-0.05, 0) is 31.0 Å². The number of halogens is 2. The smallest absolute Gasteiger partial charge is 0.219 e. The Morgan fingerprint density at radius 3 is 2.47 bits per heavy atom. The molecule has 1 heterocycles. The number of Topliss-reactive ketones (excluding diaryl/α,β-unsaturated/α-hetero) is 1. The van der Waals surface area contributed by atoms with Crippen LogP contribution in [0.1, 0.15) is 30.1 Å². The number of likely N-dealkylation sites (tertiary alicyclic amines) is 1. The van der Waals surface area contributed by atoms with Crippen LogP contribution in [0.3, 0.4) is 0 Å². The molecule has 1 aromatic rings. The van der Waals surface area contributed by atoms with E-state index in [9.17, 15) is 14.0 Å². The Bertz CT molecular complexity index is 510. The summed E-state index contributed by atoms with van der Waals surface area (Å²) >= 11 is 5.90. The molecule has 1 aliphatic rings. The average molecular weight is 284 g/mol. The Hall–Kier alpha value is -1.42. The second-order valence-corrected chi connectivity index (χ2v) is 5.18. The minimum Gasteiger partial charge on any atom is -0.343 e. The normalized spacial score (nSPS) is 16.5. The maximum Gasteiger partial charge on any atom is 0.219 e. The zero-order valence-corrected chi connectivity index (χ0v) is 11.4. The molecule has 0 aromatic heterocycles. The van der Waals surface area contributed by atoms with Crippen molar-refractivity contribution in [2.45, 2.75) is 19.8 Å². The third kappa shape index (κ3) is 3.13. The molecule has 0 N–H and O–H groups in total. The third-order valence-electron chi connectivity index (χ3n) is 3.51. The standard InChI is InChI=1S/C14H15ClFNO2/c1-9(18)17-6-4-10(5-7-17)14(19)12-3-2-11(16)8-13(12)15/h2-3,8,10H,4-7H2,1H3. The van der Waals surface area contributed by atoms with E-state index in [0.717, 1.165) is 6.07 Å². The summed E-state index contributed by atoms with van der Waals surface area (Å²) in [6, 6.07) is 3.82. The first kappa shape index (κ1) is 14.0. The second-order valence-electron chi connectivity index (χ2n) is 4.77. The van der Waals surface area contributed by atoms with Crippen molar-refractivity contribution in [3.8, 4) is 0 Å². The number of amides is 1. The van der Waals surface area contributed by atoms with Crippen LogP contribution < -0.4 is 0 Å². The van der Waals surface area contributed by atoms with Crippen molar-refractivity contribution in [3.05, 3.63) is 34.6 Å². The summed E-state index contributed by atoms with van der Waals surface area (Å²) in [4.78, 5) is 25.2. The van der Waals surface area contributed by atoms with Gasteiger partial charge in [0, 0.05) is 31.5 Å². The van der Waals surface area contributed by atoms with Gasteiger partial charge in [-0.15, -0.1) is 0 Å². The first-order chi connectivity index (χ1) is 8.99. The van der Waals surface area contributed by atoms with Crippen LogP contribution in [0.4, 0.5) is 4.39 Å². The van der Waals surface area contributed by atoms with Crippen LogP contribution in [0.5, 0.6) is 0 Å². The number of piperidine rings is 1. The molecular weight excluding hydrogens is 269 g/mol. The Kier molecular flexibility index (Phi) is 4.20. The fourth-order valence-electron chi connectivity index (χ4n) is 2.37. The van der Waals surface area contributed by atoms with Crippen molar-refractivity contribution >= 4 is 23.3 Å². The zero-order valence-electron chi connectivity index (χ0n) is 10.7. The summed E-state index contributed by atoms with van der Waals surface area (Å²) in [7, 11) is 0. The van der Waals surface area contributed by atoms with Crippen molar-refractivity contribution in [1.82, 2.24) is 4.90 Å². The molecule has 0 atom stereocenters. The molecule has 2 rings (SSSR count). The molecule has 5 heteroatoms. The number of benzene rings is 1. The maximum absolute atomic E-state index is 13.0. The van der Waals surface area contributed by atoms with Crippen LogP contribution in [0.25, 0.3) is 0 Å². The van der Waals surface area contributed by atoms with Gasteiger partial charge in [-0.1, -0.05) is 11.6 Å². The van der Waals surface area contributed by atoms with E-state index in [1.807, 2.05) is 0 Å². The van der Waals surface area contributed by atoms with Gasteiger partial charge in [0.05, 0.1) is 5.02 Å². The third-order valence-corrected chi connectivity index (χ3v) is 3.82. The van der Waals surface area contributed by atoms with Crippen LogP contribution in [-0.2, 0) is 4.79 Å². The van der Waals surface area contributed by atoms with E-state index in [1.54, 1.807) is 4.90 Å². The lowest BCUT2D eigenvalue weighted by Crippen LogP contribution is -2.39. The topological polar surface area (TPSA) is 37.4 Å². The first-order valence-corrected chi connectivity index (χ1v) is 6.61. The lowest BCUT2D eigenvalue weighted by Gasteiger charge is -2.30. The van der Waals surface area contributed by atoms with E-state index in [1.165, 1.54) is 19.1 Å². The molecule has 1 amide bonds. The van der Waals surface area contributed by atoms with E-state index in [2.05, 4.69) is 0 Å². The van der Waals surface area contributed by atoms with Crippen molar-refractivity contribution < 1.29 is 14.0 Å². The van der Waals surface area contributed by atoms with Gasteiger partial charge >= 0.3 is 0 Å². The minimum absolute atomic E-state index is 0.0331. The Labute approximate surface area is 116 Å². The number of hydrogen-bond donors (Lipinski definition) is 0. The molecule has 0 radical (unpaired) electrons. The predicted octanol–water partition coefficient (Wildman–Crippen LogP) is 2.92. The highest BCUT2D eigenvalue weighted by Crippen LogP contribution is 2.26. The molecule has 0 aliphatic carbocycles. The summed E-state index contributed by atoms with van der Waals surface area (Å²) in [5, 5.41) is 0.152. The van der Waals surface area contributed by atoms with E-state index >= 15 is 0 Å². The summed E-state index contributed by atoms with van der Waals surface area (Å²) in [5.41, 5.74) is 0.365. The molecule has 0 bridgehead atoms. The van der Waals surface area contributed by atoms with Gasteiger partial charge < -0.3 is 4.90 Å². The monoisotopic (exact) mass is 283 g/mol. The molecule has 1 aliphatic heterocycles. The number of rotatable bonds is 2. The number of nitrogens with zero attached hydrogens (tertiary/aromatic N) is 1. The Balaban J connectivity index is 2.07. The fourth-order valence-corrected chi connectivity index (χ4v) is 2.63. The molecular formula is C14H15ClFNO2. The van der Waals surface area contributed by atoms with E-state index < -0.39 is 5.82 Å². The number of ketones is 1. The number of hydrogen-bond acceptors (Lipinski definition) is 2. The van der Waals surface area contributed by atoms with Gasteiger partial charge in [0.2, 0.25) is 5.91 Å². The minimum atomic E-state index is -0.451. The van der Waals surface area contributed by atoms with Crippen molar-refractivity contribution in [1.29, 1.82) is 0 Å². The van der Waals surface area contributed by atoms with Crippen molar-refractivity contribution in [2.24, 2.45) is 5.92 Å². The summed E-state index contributed by atoms with van der Waals surface area (Å²) in [6.07, 6.45) is 1.26. The van der Waals surface area contributed by atoms with Crippen LogP contribution in [0.15, 0.2) is 18.2 Å². The van der Waals surface area contributed by atoms with Gasteiger partial charge in [-0.3, -0.25) is 9.59 Å². The highest BCUT2D eigenvalue weighted by molar-refractivity contribution is 6.34. The van der Waals surface area contributed by atoms with Gasteiger partial charge in [0.1, 0.15) is 5.82 Å². The van der Waals surface area contributed by atoms with E-state index in [0.29, 0.717) is 31.5 Å². The molecule has 19 heavy (non-hydrogen) atoms. The average Bonchev–Trinajstić information content (AvgIpc) is 2.38. The highest BCUT2D eigenvalue weighted by atomic mass is 35.5. The SMILES string of the molecule is CC(=O)N1CCC(C(=O)c2ccc(F)cc2Cl)CC1. The number of carbonyl (C=O) groups excluding carboxylic acids is 2. The van der Waals surface area contributed by atoms with Crippen LogP contribution in [-0.4, -0.2) is 29.7 Å². The molecule has 1 fully saturated rings. The summed E-state index contributed by atoms with van der Waals surface area (Å²) < 4.78 is 13.0. The quantitative estimate of drug-likeness (QED) is 0.783. The first-order valence-electron chi connectivity index (χ1n) is 6.24. The molecule has 0 saturated carbocycles. The molecule has 102 valence electrons. The predicted molar refractivity (Wildman–Crippen MR) is 70.7 cm³/mol. The van der Waals surface area contributed by atoms with E-state index in [-0.39, 0.29) is 22.6 Å². The van der Waals surface area contributed by atoms with Crippen LogP contribution in [0, 0.1) is 11.7 Å². The molecule has 0 unspecified atom stereocenters. The molecule has 0 spiro atoms. The highest BCUT2D eigenvalue weighted by Gasteiger charge is 2.27. The summed E-state index contributed by atoms with van der Waals surface area (Å²) in [6.45, 7) is 2.70. The molecule has 1 aromatic carbocycles. The van der Waals surface area contributed by atoms with Crippen LogP contribution >= 0.6 is 11.6 Å². The van der Waals surface area contributed by atoms with Gasteiger partial charge in [0.25, 0.3) is 0 Å². The van der Waals surface area contributed by atoms with Crippen LogP contribution in [0.2, 0.25) is 5.02 Å². The van der Waals surface area contributed by atoms with Gasteiger partial charge in [-0.25, -0.2) is 4.39 Å². The zero-order chi connectivity index (χ0) is 14.0. The van der Waals surface area contributed by atoms with E-state index in [4.69, 9.17) is 11.6 Å². The molecule has 3 nitrogen and oxygen atoms in total. The lowest BCUT2D eigenvalue weighted by molar-refractivity contribution is -0.130. The largest absolute Gasteiger partial charge is 0.343 e. The molecule has 1 saturated heterocycles. The van der Waals surface area contributed by atoms with Gasteiger partial charge in [0.15, 0.2) is 5.78 Å².